The second-order valence-corrected chi connectivity index (χ2v) is 7.66. The molecule has 1 heterocycles. The van der Waals surface area contributed by atoms with E-state index in [1.165, 1.54) is 12.1 Å². The molecule has 0 saturated carbocycles. The zero-order valence-corrected chi connectivity index (χ0v) is 17.3. The number of allylic oxidation sites excluding steroid dienone is 2. The third kappa shape index (κ3) is 5.68. The molecule has 0 amide bonds. The minimum atomic E-state index is -4.59. The summed E-state index contributed by atoms with van der Waals surface area (Å²) in [5.74, 6) is -2.23. The van der Waals surface area contributed by atoms with E-state index >= 15 is 0 Å². The molecule has 0 radical (unpaired) electrons. The van der Waals surface area contributed by atoms with E-state index in [0.717, 1.165) is 23.9 Å². The number of rotatable bonds is 6. The van der Waals surface area contributed by atoms with Crippen molar-refractivity contribution in [1.82, 2.24) is 4.98 Å². The fourth-order valence-electron chi connectivity index (χ4n) is 3.90. The summed E-state index contributed by atoms with van der Waals surface area (Å²) in [5.41, 5.74) is 1.32. The zero-order valence-electron chi connectivity index (χ0n) is 17.3. The maximum atomic E-state index is 13.9. The Morgan fingerprint density at radius 3 is 2.41 bits per heavy atom. The molecule has 3 aromatic rings. The first-order valence-electron chi connectivity index (χ1n) is 10.2. The topological polar surface area (TPSA) is 59.4 Å². The molecule has 1 aliphatic rings. The van der Waals surface area contributed by atoms with E-state index in [1.807, 2.05) is 30.3 Å². The number of aromatic nitrogens is 1. The number of hydrogen-bond donors (Lipinski definition) is 1. The van der Waals surface area contributed by atoms with Crippen LogP contribution in [-0.4, -0.2) is 45.6 Å². The van der Waals surface area contributed by atoms with Crippen LogP contribution in [0.4, 0.5) is 17.6 Å². The van der Waals surface area contributed by atoms with Crippen LogP contribution in [0.5, 0.6) is 5.88 Å². The average molecular weight is 481 g/mol. The van der Waals surface area contributed by atoms with Gasteiger partial charge >= 0.3 is 41.7 Å². The summed E-state index contributed by atoms with van der Waals surface area (Å²) in [4.78, 5) is 15.3. The fraction of sp³-hybridized carbons (Fsp3) is 0.200. The van der Waals surface area contributed by atoms with Crippen LogP contribution in [-0.2, 0) is 12.8 Å². The maximum absolute atomic E-state index is 13.9. The summed E-state index contributed by atoms with van der Waals surface area (Å²) >= 11 is 0. The molecule has 9 heteroatoms. The van der Waals surface area contributed by atoms with Crippen molar-refractivity contribution in [2.45, 2.75) is 32.0 Å². The Morgan fingerprint density at radius 1 is 1.03 bits per heavy atom. The molecule has 0 saturated heterocycles. The third-order valence-electron chi connectivity index (χ3n) is 5.49. The van der Waals surface area contributed by atoms with Gasteiger partial charge in [-0.2, -0.15) is 13.2 Å². The summed E-state index contributed by atoms with van der Waals surface area (Å²) in [6.07, 6.45) is -2.24. The number of ether oxygens (including phenoxy) is 1. The van der Waals surface area contributed by atoms with Crippen LogP contribution < -0.4 is 4.74 Å². The monoisotopic (exact) mass is 481 g/mol. The van der Waals surface area contributed by atoms with Gasteiger partial charge in [-0.3, -0.25) is 0 Å². The number of aromatic carboxylic acids is 1. The Labute approximate surface area is 215 Å². The van der Waals surface area contributed by atoms with Gasteiger partial charge in [0.15, 0.2) is 0 Å². The van der Waals surface area contributed by atoms with Crippen molar-refractivity contribution >= 4 is 46.7 Å². The number of hydrogen-bond acceptors (Lipinski definition) is 3. The molecule has 4 nitrogen and oxygen atoms in total. The third-order valence-corrected chi connectivity index (χ3v) is 5.49. The van der Waals surface area contributed by atoms with Crippen LogP contribution in [0, 0.1) is 5.82 Å². The Morgan fingerprint density at radius 2 is 1.74 bits per heavy atom. The fourth-order valence-corrected chi connectivity index (χ4v) is 3.90. The zero-order chi connectivity index (χ0) is 23.6. The van der Waals surface area contributed by atoms with Crippen molar-refractivity contribution in [3.8, 4) is 5.88 Å². The van der Waals surface area contributed by atoms with E-state index in [0.29, 0.717) is 36.0 Å². The molecular formula is C25H20F4NNaO3. The molecule has 0 fully saturated rings. The van der Waals surface area contributed by atoms with Crippen molar-refractivity contribution in [3.05, 3.63) is 94.4 Å². The van der Waals surface area contributed by atoms with Crippen LogP contribution in [0.3, 0.4) is 0 Å². The van der Waals surface area contributed by atoms with E-state index in [1.54, 1.807) is 0 Å². The molecular weight excluding hydrogens is 461 g/mol. The van der Waals surface area contributed by atoms with Gasteiger partial charge in [-0.25, -0.2) is 14.2 Å². The van der Waals surface area contributed by atoms with Crippen molar-refractivity contribution in [2.75, 3.05) is 0 Å². The standard InChI is InChI=1S/C25H19F4NO3.Na.H/c26-22-10-9-16(11-21(22)24(31)32)18-7-4-8-19(18)20-12-17(25(27,28)29)13-30-23(20)33-14-15-5-2-1-3-6-15;;/h1-3,5-6,9-13H,4,7-8,14H2,(H,31,32);;. The number of nitrogens with zero attached hydrogens (tertiary/aromatic N) is 1. The van der Waals surface area contributed by atoms with Crippen LogP contribution in [0.25, 0.3) is 11.1 Å². The molecule has 4 rings (SSSR count). The van der Waals surface area contributed by atoms with Gasteiger partial charge in [0.05, 0.1) is 11.1 Å². The first-order valence-corrected chi connectivity index (χ1v) is 10.2. The molecule has 1 N–H and O–H groups in total. The summed E-state index contributed by atoms with van der Waals surface area (Å²) in [7, 11) is 0. The van der Waals surface area contributed by atoms with Gasteiger partial charge in [0.2, 0.25) is 5.88 Å². The van der Waals surface area contributed by atoms with E-state index in [9.17, 15) is 27.5 Å². The molecule has 0 spiro atoms. The predicted molar refractivity (Wildman–Crippen MR) is 121 cm³/mol. The summed E-state index contributed by atoms with van der Waals surface area (Å²) in [5, 5.41) is 9.25. The van der Waals surface area contributed by atoms with Gasteiger partial charge in [-0.05, 0) is 59.7 Å². The number of carboxylic acid groups (broad SMARTS) is 1. The number of pyridine rings is 1. The number of alkyl halides is 3. The predicted octanol–water partition coefficient (Wildman–Crippen LogP) is 5.96. The number of benzene rings is 2. The summed E-state index contributed by atoms with van der Waals surface area (Å²) in [6.45, 7) is 0.120. The normalized spacial score (nSPS) is 13.5. The van der Waals surface area contributed by atoms with Crippen molar-refractivity contribution < 1.29 is 32.2 Å². The second kappa shape index (κ2) is 10.7. The summed E-state index contributed by atoms with van der Waals surface area (Å²) in [6, 6.07) is 13.9. The van der Waals surface area contributed by atoms with Crippen molar-refractivity contribution in [1.29, 1.82) is 0 Å². The molecule has 2 aromatic carbocycles. The molecule has 34 heavy (non-hydrogen) atoms. The molecule has 0 bridgehead atoms. The quantitative estimate of drug-likeness (QED) is 0.349. The Balaban J connectivity index is 0.00000324. The Kier molecular flexibility index (Phi) is 8.17. The number of halogens is 4. The van der Waals surface area contributed by atoms with E-state index < -0.39 is 29.1 Å². The minimum absolute atomic E-state index is 0. The van der Waals surface area contributed by atoms with Crippen molar-refractivity contribution in [3.63, 3.8) is 0 Å². The average Bonchev–Trinajstić information content (AvgIpc) is 3.27. The van der Waals surface area contributed by atoms with Crippen LogP contribution >= 0.6 is 0 Å². The van der Waals surface area contributed by atoms with Gasteiger partial charge in [0, 0.05) is 11.8 Å². The number of carboxylic acids is 1. The van der Waals surface area contributed by atoms with E-state index in [2.05, 4.69) is 4.98 Å². The summed E-state index contributed by atoms with van der Waals surface area (Å²) < 4.78 is 60.0. The number of carbonyl (C=O) groups is 1. The Hall–Kier alpha value is -2.68. The van der Waals surface area contributed by atoms with Gasteiger partial charge < -0.3 is 9.84 Å². The first-order chi connectivity index (χ1) is 15.7. The van der Waals surface area contributed by atoms with E-state index in [-0.39, 0.29) is 47.6 Å². The molecule has 0 unspecified atom stereocenters. The molecule has 1 aromatic heterocycles. The van der Waals surface area contributed by atoms with Gasteiger partial charge in [0.25, 0.3) is 0 Å². The van der Waals surface area contributed by atoms with Gasteiger partial charge in [-0.15, -0.1) is 0 Å². The molecule has 0 aliphatic heterocycles. The Bertz CT molecular complexity index is 1230. The van der Waals surface area contributed by atoms with Crippen LogP contribution in [0.2, 0.25) is 0 Å². The molecule has 0 atom stereocenters. The van der Waals surface area contributed by atoms with Crippen LogP contribution in [0.1, 0.15) is 51.9 Å². The first kappa shape index (κ1) is 25.9. The molecule has 172 valence electrons. The van der Waals surface area contributed by atoms with Gasteiger partial charge in [0.1, 0.15) is 12.4 Å². The van der Waals surface area contributed by atoms with Crippen molar-refractivity contribution in [2.24, 2.45) is 0 Å². The van der Waals surface area contributed by atoms with Gasteiger partial charge in [-0.1, -0.05) is 36.4 Å². The molecule has 1 aliphatic carbocycles. The SMILES string of the molecule is O=C(O)c1cc(C2=C(c3cc(C(F)(F)F)cnc3OCc3ccccc3)CCC2)ccc1F.[NaH]. The second-order valence-electron chi connectivity index (χ2n) is 7.66. The van der Waals surface area contributed by atoms with Crippen LogP contribution in [0.15, 0.2) is 60.8 Å². The van der Waals surface area contributed by atoms with E-state index in [4.69, 9.17) is 4.74 Å².